The van der Waals surface area contributed by atoms with E-state index in [1.54, 1.807) is 18.2 Å². The molecular formula is C26H25N3O9S. The van der Waals surface area contributed by atoms with Gasteiger partial charge in [0.15, 0.2) is 10.6 Å². The van der Waals surface area contributed by atoms with Crippen LogP contribution in [0.1, 0.15) is 36.1 Å². The number of carboxylic acid groups (broad SMARTS) is 1. The van der Waals surface area contributed by atoms with E-state index in [-0.39, 0.29) is 45.9 Å². The zero-order valence-corrected chi connectivity index (χ0v) is 22.1. The first-order valence-electron chi connectivity index (χ1n) is 11.7. The minimum atomic E-state index is -4.59. The summed E-state index contributed by atoms with van der Waals surface area (Å²) in [6.07, 6.45) is 2.59. The van der Waals surface area contributed by atoms with Crippen LogP contribution >= 0.6 is 0 Å². The molecule has 0 fully saturated rings. The van der Waals surface area contributed by atoms with Gasteiger partial charge in [-0.2, -0.15) is 4.98 Å². The summed E-state index contributed by atoms with van der Waals surface area (Å²) in [5, 5.41) is 19.8. The molecule has 0 spiro atoms. The van der Waals surface area contributed by atoms with Crippen LogP contribution in [0.15, 0.2) is 67.7 Å². The Balaban J connectivity index is 1.90. The minimum Gasteiger partial charge on any atom is -0.494 e. The van der Waals surface area contributed by atoms with Gasteiger partial charge in [-0.15, -0.1) is 0 Å². The van der Waals surface area contributed by atoms with E-state index in [0.717, 1.165) is 17.3 Å². The van der Waals surface area contributed by atoms with Crippen molar-refractivity contribution in [3.8, 4) is 34.5 Å². The Morgan fingerprint density at radius 2 is 1.69 bits per heavy atom. The molecular weight excluding hydrogens is 530 g/mol. The van der Waals surface area contributed by atoms with Gasteiger partial charge < -0.3 is 24.1 Å². The second-order valence-electron chi connectivity index (χ2n) is 8.31. The number of aryl methyl sites for hydroxylation is 1. The van der Waals surface area contributed by atoms with Gasteiger partial charge >= 0.3 is 5.97 Å². The summed E-state index contributed by atoms with van der Waals surface area (Å²) in [4.78, 5) is 31.7. The second kappa shape index (κ2) is 11.0. The highest BCUT2D eigenvalue weighted by Crippen LogP contribution is 2.34. The molecule has 0 atom stereocenters. The van der Waals surface area contributed by atoms with Crippen LogP contribution in [0.5, 0.6) is 17.4 Å². The third-order valence-electron chi connectivity index (χ3n) is 5.88. The molecule has 39 heavy (non-hydrogen) atoms. The molecule has 0 aliphatic heterocycles. The number of carboxylic acids is 1. The number of nitrogens with zero attached hydrogens (tertiary/aromatic N) is 3. The Bertz CT molecular complexity index is 1670. The lowest BCUT2D eigenvalue weighted by molar-refractivity contribution is 0.0690. The van der Waals surface area contributed by atoms with Crippen LogP contribution < -0.4 is 15.0 Å². The Morgan fingerprint density at radius 1 is 1.05 bits per heavy atom. The number of ether oxygens (including phenoxy) is 2. The number of hydrogen-bond donors (Lipinski definition) is 2. The van der Waals surface area contributed by atoms with Gasteiger partial charge in [-0.05, 0) is 42.8 Å². The first-order valence-corrected chi connectivity index (χ1v) is 13.2. The number of oxazole rings is 1. The Morgan fingerprint density at radius 3 is 2.23 bits per heavy atom. The molecule has 0 saturated carbocycles. The quantitative estimate of drug-likeness (QED) is 0.293. The number of aromatic hydroxyl groups is 1. The first kappa shape index (κ1) is 27.4. The fourth-order valence-corrected chi connectivity index (χ4v) is 5.29. The average Bonchev–Trinajstić information content (AvgIpc) is 3.42. The molecule has 4 aromatic rings. The van der Waals surface area contributed by atoms with Gasteiger partial charge in [0, 0.05) is 12.0 Å². The smallest absolute Gasteiger partial charge is 0.357 e. The van der Waals surface area contributed by atoms with E-state index in [1.165, 1.54) is 38.5 Å². The monoisotopic (exact) mass is 555 g/mol. The second-order valence-corrected chi connectivity index (χ2v) is 10.2. The van der Waals surface area contributed by atoms with Gasteiger partial charge in [0.25, 0.3) is 5.56 Å². The van der Waals surface area contributed by atoms with Gasteiger partial charge in [-0.3, -0.25) is 9.36 Å². The van der Waals surface area contributed by atoms with Crippen LogP contribution in [0.2, 0.25) is 0 Å². The molecule has 0 unspecified atom stereocenters. The van der Waals surface area contributed by atoms with Crippen molar-refractivity contribution >= 4 is 15.8 Å². The molecule has 4 rings (SSSR count). The molecule has 0 radical (unpaired) electrons. The summed E-state index contributed by atoms with van der Waals surface area (Å²) in [6.45, 7) is 1.94. The third-order valence-corrected chi connectivity index (χ3v) is 7.66. The number of benzene rings is 2. The Labute approximate surface area is 223 Å². The van der Waals surface area contributed by atoms with E-state index in [4.69, 9.17) is 19.0 Å². The van der Waals surface area contributed by atoms with Crippen LogP contribution in [0.4, 0.5) is 0 Å². The molecule has 0 bridgehead atoms. The zero-order chi connectivity index (χ0) is 28.3. The van der Waals surface area contributed by atoms with E-state index >= 15 is 0 Å². The number of carbonyl (C=O) groups is 1. The van der Waals surface area contributed by atoms with Gasteiger partial charge in [-0.25, -0.2) is 18.2 Å². The summed E-state index contributed by atoms with van der Waals surface area (Å²) >= 11 is 0. The van der Waals surface area contributed by atoms with E-state index in [2.05, 4.69) is 9.97 Å². The number of hydrogen-bond acceptors (Lipinski definition) is 10. The van der Waals surface area contributed by atoms with Crippen molar-refractivity contribution < 1.29 is 37.3 Å². The summed E-state index contributed by atoms with van der Waals surface area (Å²) < 4.78 is 44.4. The minimum absolute atomic E-state index is 0.0354. The molecule has 2 N–H and O–H groups in total. The van der Waals surface area contributed by atoms with Crippen molar-refractivity contribution in [1.29, 1.82) is 0 Å². The summed E-state index contributed by atoms with van der Waals surface area (Å²) in [5.74, 6) is -1.64. The molecule has 2 heterocycles. The van der Waals surface area contributed by atoms with Gasteiger partial charge in [0.1, 0.15) is 29.3 Å². The lowest BCUT2D eigenvalue weighted by atomic mass is 10.2. The number of aromatic nitrogens is 3. The molecule has 13 heteroatoms. The zero-order valence-electron chi connectivity index (χ0n) is 21.2. The maximum atomic E-state index is 13.9. The number of para-hydroxylation sites is 1. The number of sulfone groups is 1. The van der Waals surface area contributed by atoms with Crippen molar-refractivity contribution in [2.75, 3.05) is 14.2 Å². The average molecular weight is 556 g/mol. The lowest BCUT2D eigenvalue weighted by Gasteiger charge is -2.19. The highest BCUT2D eigenvalue weighted by Gasteiger charge is 2.31. The summed E-state index contributed by atoms with van der Waals surface area (Å²) in [6, 6.07) is 9.88. The first-order chi connectivity index (χ1) is 18.6. The van der Waals surface area contributed by atoms with Crippen LogP contribution in [-0.2, 0) is 16.3 Å². The molecule has 12 nitrogen and oxygen atoms in total. The molecule has 0 saturated heterocycles. The van der Waals surface area contributed by atoms with E-state index in [0.29, 0.717) is 12.0 Å². The van der Waals surface area contributed by atoms with Crippen molar-refractivity contribution in [2.45, 2.75) is 36.0 Å². The number of methoxy groups -OCH3 is 2. The molecule has 2 aromatic carbocycles. The lowest BCUT2D eigenvalue weighted by Crippen LogP contribution is -2.29. The van der Waals surface area contributed by atoms with Crippen LogP contribution in [0.25, 0.3) is 17.1 Å². The Hall–Kier alpha value is -4.65. The fraction of sp³-hybridized carbons (Fsp3) is 0.231. The number of unbranched alkanes of at least 4 members (excludes halogenated alkanes) is 1. The van der Waals surface area contributed by atoms with Crippen molar-refractivity contribution in [3.63, 3.8) is 0 Å². The van der Waals surface area contributed by atoms with Crippen LogP contribution in [0.3, 0.4) is 0 Å². The number of rotatable bonds is 10. The molecule has 0 aliphatic rings. The fourth-order valence-electron chi connectivity index (χ4n) is 3.96. The molecule has 0 aliphatic carbocycles. The van der Waals surface area contributed by atoms with Crippen LogP contribution in [0, 0.1) is 0 Å². The van der Waals surface area contributed by atoms with Gasteiger partial charge in [-0.1, -0.05) is 19.4 Å². The largest absolute Gasteiger partial charge is 0.494 e. The van der Waals surface area contributed by atoms with E-state index < -0.39 is 32.1 Å². The maximum absolute atomic E-state index is 13.9. The molecule has 204 valence electrons. The highest BCUT2D eigenvalue weighted by atomic mass is 32.2. The SMILES string of the molecule is CCCCc1nc(O)c(S(=O)(=O)c2ccc(-c3nc(C(=O)O)co3)cc2)c(=O)n1-c1c(OC)cccc1OC. The predicted molar refractivity (Wildman–Crippen MR) is 138 cm³/mol. The summed E-state index contributed by atoms with van der Waals surface area (Å²) in [7, 11) is -1.79. The third kappa shape index (κ3) is 5.08. The highest BCUT2D eigenvalue weighted by molar-refractivity contribution is 7.91. The normalized spacial score (nSPS) is 11.4. The number of aromatic carboxylic acids is 1. The van der Waals surface area contributed by atoms with E-state index in [1.807, 2.05) is 6.92 Å². The Kier molecular flexibility index (Phi) is 7.72. The van der Waals surface area contributed by atoms with Gasteiger partial charge in [0.2, 0.25) is 21.6 Å². The molecule has 2 aromatic heterocycles. The topological polar surface area (TPSA) is 171 Å². The maximum Gasteiger partial charge on any atom is 0.357 e. The molecule has 0 amide bonds. The van der Waals surface area contributed by atoms with Crippen LogP contribution in [-0.4, -0.2) is 53.4 Å². The predicted octanol–water partition coefficient (Wildman–Crippen LogP) is 3.48. The van der Waals surface area contributed by atoms with E-state index in [9.17, 15) is 23.1 Å². The summed E-state index contributed by atoms with van der Waals surface area (Å²) in [5.41, 5.74) is -0.890. The van der Waals surface area contributed by atoms with Crippen molar-refractivity contribution in [3.05, 3.63) is 70.6 Å². The van der Waals surface area contributed by atoms with Gasteiger partial charge in [0.05, 0.1) is 19.1 Å². The van der Waals surface area contributed by atoms with Crippen molar-refractivity contribution in [2.24, 2.45) is 0 Å². The standard InChI is InChI=1S/C26H25N3O9S/c1-4-5-9-20-28-23(30)22(25(31)29(20)21-18(36-2)7-6-8-19(21)37-3)39(34,35)16-12-10-15(11-13-16)24-27-17(14-38-24)26(32)33/h6-8,10-14,30H,4-5,9H2,1-3H3,(H,32,33). The van der Waals surface area contributed by atoms with Crippen molar-refractivity contribution in [1.82, 2.24) is 14.5 Å².